The molecule has 0 spiro atoms. The van der Waals surface area contributed by atoms with Crippen molar-refractivity contribution < 1.29 is 8.78 Å². The first-order chi connectivity index (χ1) is 15.1. The monoisotopic (exact) mass is 428 g/mol. The molecule has 172 valence electrons. The molecule has 1 aromatic rings. The summed E-state index contributed by atoms with van der Waals surface area (Å²) in [5.41, 5.74) is 2.51. The molecule has 2 saturated carbocycles. The Morgan fingerprint density at radius 2 is 1.74 bits per heavy atom. The lowest BCUT2D eigenvalue weighted by Gasteiger charge is -2.42. The fourth-order valence-electron chi connectivity index (χ4n) is 7.04. The van der Waals surface area contributed by atoms with E-state index in [9.17, 15) is 0 Å². The Morgan fingerprint density at radius 3 is 2.55 bits per heavy atom. The van der Waals surface area contributed by atoms with Crippen molar-refractivity contribution in [1.29, 1.82) is 0 Å². The number of benzene rings is 1. The van der Waals surface area contributed by atoms with E-state index < -0.39 is 11.6 Å². The van der Waals surface area contributed by atoms with Crippen molar-refractivity contribution in [2.24, 2.45) is 23.7 Å². The third kappa shape index (κ3) is 5.25. The second-order valence-electron chi connectivity index (χ2n) is 10.9. The van der Waals surface area contributed by atoms with Gasteiger partial charge in [0.2, 0.25) is 0 Å². The molecule has 0 saturated heterocycles. The van der Waals surface area contributed by atoms with Gasteiger partial charge in [-0.05, 0) is 110 Å². The van der Waals surface area contributed by atoms with Gasteiger partial charge >= 0.3 is 0 Å². The zero-order valence-electron chi connectivity index (χ0n) is 19.6. The van der Waals surface area contributed by atoms with Gasteiger partial charge in [-0.2, -0.15) is 0 Å². The van der Waals surface area contributed by atoms with Crippen LogP contribution in [0, 0.1) is 35.3 Å². The molecule has 0 heterocycles. The van der Waals surface area contributed by atoms with E-state index in [1.807, 2.05) is 6.08 Å². The van der Waals surface area contributed by atoms with Crippen molar-refractivity contribution >= 4 is 0 Å². The predicted molar refractivity (Wildman–Crippen MR) is 126 cm³/mol. The maximum absolute atomic E-state index is 15.2. The number of fused-ring (bicyclic) bond motifs is 2. The molecule has 0 bridgehead atoms. The van der Waals surface area contributed by atoms with Crippen LogP contribution in [0.2, 0.25) is 0 Å². The molecular formula is C29H42F2. The van der Waals surface area contributed by atoms with Gasteiger partial charge in [0, 0.05) is 0 Å². The third-order valence-corrected chi connectivity index (χ3v) is 8.90. The first kappa shape index (κ1) is 23.0. The van der Waals surface area contributed by atoms with Gasteiger partial charge < -0.3 is 0 Å². The molecule has 5 unspecified atom stereocenters. The molecule has 4 rings (SSSR count). The van der Waals surface area contributed by atoms with Crippen LogP contribution in [0.15, 0.2) is 18.7 Å². The normalized spacial score (nSPS) is 30.5. The molecule has 31 heavy (non-hydrogen) atoms. The average Bonchev–Trinajstić information content (AvgIpc) is 2.80. The molecule has 0 amide bonds. The average molecular weight is 429 g/mol. The molecule has 3 aliphatic carbocycles. The van der Waals surface area contributed by atoms with Crippen molar-refractivity contribution in [2.45, 2.75) is 109 Å². The summed E-state index contributed by atoms with van der Waals surface area (Å²) >= 11 is 0. The number of hydrogen-bond donors (Lipinski definition) is 0. The van der Waals surface area contributed by atoms with Gasteiger partial charge in [-0.3, -0.25) is 0 Å². The smallest absolute Gasteiger partial charge is 0.162 e. The maximum Gasteiger partial charge on any atom is 0.162 e. The van der Waals surface area contributed by atoms with Crippen molar-refractivity contribution in [2.75, 3.05) is 0 Å². The van der Waals surface area contributed by atoms with Crippen LogP contribution in [-0.2, 0) is 12.8 Å². The van der Waals surface area contributed by atoms with Crippen molar-refractivity contribution in [3.05, 3.63) is 47.0 Å². The number of unbranched alkanes of at least 4 members (excludes halogenated alkanes) is 2. The summed E-state index contributed by atoms with van der Waals surface area (Å²) in [6, 6.07) is 2.08. The summed E-state index contributed by atoms with van der Waals surface area (Å²) in [5.74, 6) is 2.07. The van der Waals surface area contributed by atoms with Crippen LogP contribution in [0.5, 0.6) is 0 Å². The number of aryl methyl sites for hydroxylation is 1. The van der Waals surface area contributed by atoms with Crippen LogP contribution in [0.25, 0.3) is 0 Å². The molecular weight excluding hydrogens is 386 g/mol. The van der Waals surface area contributed by atoms with Gasteiger partial charge in [0.25, 0.3) is 0 Å². The molecule has 2 heteroatoms. The highest BCUT2D eigenvalue weighted by molar-refractivity contribution is 5.38. The van der Waals surface area contributed by atoms with E-state index in [0.29, 0.717) is 23.0 Å². The molecule has 0 nitrogen and oxygen atoms in total. The van der Waals surface area contributed by atoms with Gasteiger partial charge in [-0.15, -0.1) is 6.58 Å². The van der Waals surface area contributed by atoms with E-state index in [1.165, 1.54) is 51.4 Å². The number of halogens is 2. The first-order valence-electron chi connectivity index (χ1n) is 13.2. The number of rotatable bonds is 8. The Balaban J connectivity index is 1.42. The largest absolute Gasteiger partial charge is 0.203 e. The molecule has 0 N–H and O–H groups in total. The molecule has 5 atom stereocenters. The van der Waals surface area contributed by atoms with Crippen LogP contribution in [0.3, 0.4) is 0 Å². The fraction of sp³-hybridized carbons (Fsp3) is 0.724. The second-order valence-corrected chi connectivity index (χ2v) is 10.9. The summed E-state index contributed by atoms with van der Waals surface area (Å²) in [6.07, 6.45) is 19.3. The van der Waals surface area contributed by atoms with Crippen LogP contribution in [0.1, 0.15) is 113 Å². The quantitative estimate of drug-likeness (QED) is 0.286. The Morgan fingerprint density at radius 1 is 0.935 bits per heavy atom. The van der Waals surface area contributed by atoms with E-state index >= 15 is 8.78 Å². The molecule has 2 fully saturated rings. The zero-order valence-corrected chi connectivity index (χ0v) is 19.6. The van der Waals surface area contributed by atoms with Gasteiger partial charge in [-0.25, -0.2) is 8.78 Å². The van der Waals surface area contributed by atoms with Crippen molar-refractivity contribution in [1.82, 2.24) is 0 Å². The summed E-state index contributed by atoms with van der Waals surface area (Å²) in [6.45, 7) is 6.09. The van der Waals surface area contributed by atoms with E-state index in [4.69, 9.17) is 0 Å². The van der Waals surface area contributed by atoms with E-state index in [-0.39, 0.29) is 5.92 Å². The van der Waals surface area contributed by atoms with Crippen molar-refractivity contribution in [3.63, 3.8) is 0 Å². The molecule has 3 aliphatic rings. The highest BCUT2D eigenvalue weighted by atomic mass is 19.2. The van der Waals surface area contributed by atoms with Gasteiger partial charge in [0.05, 0.1) is 0 Å². The Labute approximate surface area is 188 Å². The van der Waals surface area contributed by atoms with Crippen LogP contribution >= 0.6 is 0 Å². The Hall–Kier alpha value is -1.18. The molecule has 0 aliphatic heterocycles. The van der Waals surface area contributed by atoms with Crippen LogP contribution in [0.4, 0.5) is 8.78 Å². The van der Waals surface area contributed by atoms with E-state index in [1.54, 1.807) is 0 Å². The summed E-state index contributed by atoms with van der Waals surface area (Å²) in [7, 11) is 0. The Kier molecular flexibility index (Phi) is 7.88. The summed E-state index contributed by atoms with van der Waals surface area (Å²) in [4.78, 5) is 0. The third-order valence-electron chi connectivity index (χ3n) is 8.90. The summed E-state index contributed by atoms with van der Waals surface area (Å²) in [5, 5.41) is 0. The van der Waals surface area contributed by atoms with E-state index in [0.717, 1.165) is 62.3 Å². The summed E-state index contributed by atoms with van der Waals surface area (Å²) < 4.78 is 30.4. The molecule has 0 radical (unpaired) electrons. The van der Waals surface area contributed by atoms with Crippen molar-refractivity contribution in [3.8, 4) is 0 Å². The highest BCUT2D eigenvalue weighted by Gasteiger charge is 2.37. The first-order valence-corrected chi connectivity index (χ1v) is 13.2. The lowest BCUT2D eigenvalue weighted by Crippen LogP contribution is -2.31. The molecule has 0 aromatic heterocycles. The fourth-order valence-corrected chi connectivity index (χ4v) is 7.04. The standard InChI is InChI=1S/C29H42F2/c1-3-5-7-9-21-11-13-25-19-27(29(31)28(30)26(25)17-21)24-15-14-22-16-20(8-6-4-2)10-12-23(22)18-24/h4,19-24H,2-3,5-18H2,1H3. The number of hydrogen-bond acceptors (Lipinski definition) is 0. The topological polar surface area (TPSA) is 0 Å². The van der Waals surface area contributed by atoms with E-state index in [2.05, 4.69) is 19.6 Å². The minimum absolute atomic E-state index is 0.216. The van der Waals surface area contributed by atoms with Gasteiger partial charge in [0.15, 0.2) is 11.6 Å². The van der Waals surface area contributed by atoms with Gasteiger partial charge in [-0.1, -0.05) is 51.2 Å². The Bertz CT molecular complexity index is 752. The minimum atomic E-state index is -0.518. The van der Waals surface area contributed by atoms with Crippen LogP contribution < -0.4 is 0 Å². The maximum atomic E-state index is 15.2. The SMILES string of the molecule is C=CCCC1CCC2CC(c3cc4c(c(F)c3F)CC(CCCCC)CC4)CCC2C1. The van der Waals surface area contributed by atoms with Crippen LogP contribution in [-0.4, -0.2) is 0 Å². The highest BCUT2D eigenvalue weighted by Crippen LogP contribution is 2.49. The van der Waals surface area contributed by atoms with Gasteiger partial charge in [0.1, 0.15) is 0 Å². The lowest BCUT2D eigenvalue weighted by atomic mass is 9.63. The second kappa shape index (κ2) is 10.6. The lowest BCUT2D eigenvalue weighted by molar-refractivity contribution is 0.114. The molecule has 1 aromatic carbocycles. The number of allylic oxidation sites excluding steroid dienone is 1. The minimum Gasteiger partial charge on any atom is -0.203 e. The predicted octanol–water partition coefficient (Wildman–Crippen LogP) is 8.92. The zero-order chi connectivity index (χ0) is 21.8.